The quantitative estimate of drug-likeness (QED) is 0.823. The second kappa shape index (κ2) is 5.11. The monoisotopic (exact) mass is 284 g/mol. The van der Waals surface area contributed by atoms with Gasteiger partial charge in [0.1, 0.15) is 17.6 Å². The van der Waals surface area contributed by atoms with Crippen LogP contribution in [0.4, 0.5) is 11.5 Å². The number of nitrogens with one attached hydrogen (secondary N) is 1. The van der Waals surface area contributed by atoms with Gasteiger partial charge in [0, 0.05) is 26.6 Å². The maximum Gasteiger partial charge on any atom is 0.157 e. The molecule has 19 heavy (non-hydrogen) atoms. The van der Waals surface area contributed by atoms with Gasteiger partial charge in [0.2, 0.25) is 0 Å². The smallest absolute Gasteiger partial charge is 0.157 e. The van der Waals surface area contributed by atoms with E-state index in [2.05, 4.69) is 20.2 Å². The van der Waals surface area contributed by atoms with E-state index in [1.807, 2.05) is 7.05 Å². The molecular weight excluding hydrogens is 268 g/mol. The predicted molar refractivity (Wildman–Crippen MR) is 72.9 cm³/mol. The first-order chi connectivity index (χ1) is 9.24. The standard InChI is InChI=1S/C12H17ClN4O2/c1-14-9-10(13)15-8-16-11(9)17-3-5-19-12(6-17)2-4-18-7-12/h8,14H,2-7H2,1H3. The molecular formula is C12H17ClN4O2. The molecule has 104 valence electrons. The van der Waals surface area contributed by atoms with E-state index < -0.39 is 0 Å². The molecule has 1 unspecified atom stereocenters. The topological polar surface area (TPSA) is 59.5 Å². The molecule has 0 bridgehead atoms. The Kier molecular flexibility index (Phi) is 3.47. The molecule has 2 aliphatic rings. The van der Waals surface area contributed by atoms with E-state index in [1.165, 1.54) is 6.33 Å². The zero-order valence-corrected chi connectivity index (χ0v) is 11.6. The van der Waals surface area contributed by atoms with Crippen molar-refractivity contribution in [1.82, 2.24) is 9.97 Å². The van der Waals surface area contributed by atoms with Crippen LogP contribution in [-0.4, -0.2) is 55.5 Å². The molecule has 1 spiro atoms. The second-order valence-corrected chi connectivity index (χ2v) is 5.23. The third-order valence-electron chi connectivity index (χ3n) is 3.65. The van der Waals surface area contributed by atoms with Crippen LogP contribution < -0.4 is 10.2 Å². The first kappa shape index (κ1) is 12.9. The summed E-state index contributed by atoms with van der Waals surface area (Å²) in [7, 11) is 1.82. The maximum atomic E-state index is 6.10. The van der Waals surface area contributed by atoms with Crippen LogP contribution in [-0.2, 0) is 9.47 Å². The van der Waals surface area contributed by atoms with Gasteiger partial charge in [0.05, 0.1) is 19.8 Å². The number of morpholine rings is 1. The van der Waals surface area contributed by atoms with Gasteiger partial charge in [-0.1, -0.05) is 11.6 Å². The Bertz CT molecular complexity index is 465. The summed E-state index contributed by atoms with van der Waals surface area (Å²) in [6.45, 7) is 3.65. The molecule has 3 rings (SSSR count). The molecule has 0 aliphatic carbocycles. The van der Waals surface area contributed by atoms with E-state index in [0.29, 0.717) is 18.4 Å². The van der Waals surface area contributed by atoms with E-state index in [-0.39, 0.29) is 5.60 Å². The fourth-order valence-corrected chi connectivity index (χ4v) is 2.89. The number of nitrogens with zero attached hydrogens (tertiary/aromatic N) is 3. The van der Waals surface area contributed by atoms with E-state index in [1.54, 1.807) is 0 Å². The Morgan fingerprint density at radius 1 is 1.42 bits per heavy atom. The average Bonchev–Trinajstić information content (AvgIpc) is 2.86. The maximum absolute atomic E-state index is 6.10. The van der Waals surface area contributed by atoms with Crippen molar-refractivity contribution in [1.29, 1.82) is 0 Å². The van der Waals surface area contributed by atoms with E-state index in [4.69, 9.17) is 21.1 Å². The Morgan fingerprint density at radius 2 is 2.32 bits per heavy atom. The number of hydrogen-bond donors (Lipinski definition) is 1. The van der Waals surface area contributed by atoms with Gasteiger partial charge in [-0.05, 0) is 0 Å². The molecule has 0 amide bonds. The summed E-state index contributed by atoms with van der Waals surface area (Å²) >= 11 is 6.10. The minimum atomic E-state index is -0.194. The molecule has 1 N–H and O–H groups in total. The van der Waals surface area contributed by atoms with Gasteiger partial charge in [-0.25, -0.2) is 9.97 Å². The SMILES string of the molecule is CNc1c(Cl)ncnc1N1CCOC2(CCOC2)C1. The van der Waals surface area contributed by atoms with Crippen LogP contribution in [0.1, 0.15) is 6.42 Å². The summed E-state index contributed by atoms with van der Waals surface area (Å²) in [5.74, 6) is 0.831. The highest BCUT2D eigenvalue weighted by Gasteiger charge is 2.41. The molecule has 0 aromatic carbocycles. The fourth-order valence-electron chi connectivity index (χ4n) is 2.66. The van der Waals surface area contributed by atoms with Crippen molar-refractivity contribution in [2.24, 2.45) is 0 Å². The summed E-state index contributed by atoms with van der Waals surface area (Å²) in [6, 6.07) is 0. The van der Waals surface area contributed by atoms with Crippen molar-refractivity contribution in [3.05, 3.63) is 11.5 Å². The van der Waals surface area contributed by atoms with E-state index >= 15 is 0 Å². The molecule has 1 atom stereocenters. The summed E-state index contributed by atoms with van der Waals surface area (Å²) < 4.78 is 11.4. The van der Waals surface area contributed by atoms with Crippen molar-refractivity contribution in [3.63, 3.8) is 0 Å². The van der Waals surface area contributed by atoms with Gasteiger partial charge >= 0.3 is 0 Å². The lowest BCUT2D eigenvalue weighted by Gasteiger charge is -2.40. The van der Waals surface area contributed by atoms with Crippen LogP contribution >= 0.6 is 11.6 Å². The highest BCUT2D eigenvalue weighted by atomic mass is 35.5. The molecule has 2 saturated heterocycles. The zero-order valence-electron chi connectivity index (χ0n) is 10.9. The van der Waals surface area contributed by atoms with Crippen molar-refractivity contribution in [3.8, 4) is 0 Å². The van der Waals surface area contributed by atoms with Crippen molar-refractivity contribution in [2.75, 3.05) is 50.2 Å². The van der Waals surface area contributed by atoms with Gasteiger partial charge < -0.3 is 19.7 Å². The first-order valence-electron chi connectivity index (χ1n) is 6.39. The number of ether oxygens (including phenoxy) is 2. The second-order valence-electron chi connectivity index (χ2n) is 4.87. The summed E-state index contributed by atoms with van der Waals surface area (Å²) in [6.07, 6.45) is 2.42. The largest absolute Gasteiger partial charge is 0.383 e. The Labute approximate surface area is 117 Å². The molecule has 1 aromatic rings. The van der Waals surface area contributed by atoms with Crippen LogP contribution in [0.2, 0.25) is 5.15 Å². The highest BCUT2D eigenvalue weighted by Crippen LogP contribution is 2.34. The first-order valence-corrected chi connectivity index (χ1v) is 6.77. The average molecular weight is 285 g/mol. The minimum absolute atomic E-state index is 0.194. The predicted octanol–water partition coefficient (Wildman–Crippen LogP) is 1.17. The van der Waals surface area contributed by atoms with Crippen LogP contribution in [0, 0.1) is 0 Å². The lowest BCUT2D eigenvalue weighted by atomic mass is 10.0. The molecule has 1 aromatic heterocycles. The highest BCUT2D eigenvalue weighted by molar-refractivity contribution is 6.32. The summed E-state index contributed by atoms with van der Waals surface area (Å²) in [5.41, 5.74) is 0.570. The molecule has 2 fully saturated rings. The summed E-state index contributed by atoms with van der Waals surface area (Å²) in [5, 5.41) is 3.51. The minimum Gasteiger partial charge on any atom is -0.383 e. The molecule has 0 saturated carbocycles. The Morgan fingerprint density at radius 3 is 3.05 bits per heavy atom. The lowest BCUT2D eigenvalue weighted by Crippen LogP contribution is -2.52. The molecule has 3 heterocycles. The fraction of sp³-hybridized carbons (Fsp3) is 0.667. The van der Waals surface area contributed by atoms with Crippen molar-refractivity contribution in [2.45, 2.75) is 12.0 Å². The number of aromatic nitrogens is 2. The third kappa shape index (κ3) is 2.35. The molecule has 6 nitrogen and oxygen atoms in total. The van der Waals surface area contributed by atoms with E-state index in [0.717, 1.165) is 37.6 Å². The van der Waals surface area contributed by atoms with Gasteiger partial charge in [-0.15, -0.1) is 0 Å². The van der Waals surface area contributed by atoms with Crippen LogP contribution in [0.25, 0.3) is 0 Å². The summed E-state index contributed by atoms with van der Waals surface area (Å²) in [4.78, 5) is 10.6. The number of anilines is 2. The van der Waals surface area contributed by atoms with Gasteiger partial charge in [0.25, 0.3) is 0 Å². The molecule has 7 heteroatoms. The molecule has 2 aliphatic heterocycles. The zero-order chi connectivity index (χ0) is 13.3. The third-order valence-corrected chi connectivity index (χ3v) is 3.93. The van der Waals surface area contributed by atoms with Crippen molar-refractivity contribution < 1.29 is 9.47 Å². The Balaban J connectivity index is 1.87. The van der Waals surface area contributed by atoms with Crippen molar-refractivity contribution >= 4 is 23.1 Å². The molecule has 0 radical (unpaired) electrons. The number of rotatable bonds is 2. The van der Waals surface area contributed by atoms with Crippen LogP contribution in [0.3, 0.4) is 0 Å². The lowest BCUT2D eigenvalue weighted by molar-refractivity contribution is -0.0580. The van der Waals surface area contributed by atoms with Gasteiger partial charge in [-0.3, -0.25) is 0 Å². The number of halogens is 1. The normalized spacial score (nSPS) is 26.9. The number of hydrogen-bond acceptors (Lipinski definition) is 6. The van der Waals surface area contributed by atoms with Gasteiger partial charge in [-0.2, -0.15) is 0 Å². The Hall–Kier alpha value is -1.11. The van der Waals surface area contributed by atoms with Crippen LogP contribution in [0.15, 0.2) is 6.33 Å². The van der Waals surface area contributed by atoms with Gasteiger partial charge in [0.15, 0.2) is 11.0 Å². The van der Waals surface area contributed by atoms with E-state index in [9.17, 15) is 0 Å². The van der Waals surface area contributed by atoms with Crippen LogP contribution in [0.5, 0.6) is 0 Å².